The Bertz CT molecular complexity index is 1400. The van der Waals surface area contributed by atoms with Crippen LogP contribution in [0.15, 0.2) is 38.5 Å². The van der Waals surface area contributed by atoms with Crippen LogP contribution in [0.3, 0.4) is 0 Å². The molecule has 0 fully saturated rings. The van der Waals surface area contributed by atoms with Crippen molar-refractivity contribution in [1.82, 2.24) is 9.55 Å². The van der Waals surface area contributed by atoms with Gasteiger partial charge in [-0.1, -0.05) is 18.5 Å². The first-order chi connectivity index (χ1) is 13.9. The van der Waals surface area contributed by atoms with Gasteiger partial charge in [0.2, 0.25) is 0 Å². The Kier molecular flexibility index (Phi) is 4.37. The van der Waals surface area contributed by atoms with E-state index in [9.17, 15) is 9.59 Å². The predicted molar refractivity (Wildman–Crippen MR) is 116 cm³/mol. The molecule has 5 nitrogen and oxygen atoms in total. The van der Waals surface area contributed by atoms with E-state index in [1.807, 2.05) is 6.92 Å². The number of benzene rings is 1. The Morgan fingerprint density at radius 2 is 2.14 bits per heavy atom. The van der Waals surface area contributed by atoms with Gasteiger partial charge >= 0.3 is 5.63 Å². The molecule has 0 saturated carbocycles. The lowest BCUT2D eigenvalue weighted by molar-refractivity contribution is 0.509. The summed E-state index contributed by atoms with van der Waals surface area (Å²) in [6.07, 6.45) is 4.60. The number of fused-ring (bicyclic) bond motifs is 4. The zero-order chi connectivity index (χ0) is 20.3. The molecule has 1 atom stereocenters. The smallest absolute Gasteiger partial charge is 0.336 e. The molecule has 3 heterocycles. The van der Waals surface area contributed by atoms with Crippen molar-refractivity contribution in [3.05, 3.63) is 71.9 Å². The molecule has 1 aromatic carbocycles. The predicted octanol–water partition coefficient (Wildman–Crippen LogP) is 4.70. The Hall–Kier alpha value is -2.44. The molecule has 148 valence electrons. The van der Waals surface area contributed by atoms with Crippen molar-refractivity contribution in [2.24, 2.45) is 5.92 Å². The van der Waals surface area contributed by atoms with Crippen LogP contribution in [-0.4, -0.2) is 9.55 Å². The van der Waals surface area contributed by atoms with Gasteiger partial charge in [0.25, 0.3) is 5.56 Å². The number of halogens is 1. The van der Waals surface area contributed by atoms with Crippen LogP contribution in [0.4, 0.5) is 0 Å². The SMILES string of the molecule is Cc1cc2oc(=O)cc(Cn3cnc4sc5c(c4c3=O)CCC(C)C5)c2cc1Cl. The average Bonchev–Trinajstić information content (AvgIpc) is 3.03. The second-order valence-corrected chi connectivity index (χ2v) is 9.39. The van der Waals surface area contributed by atoms with Gasteiger partial charge in [-0.15, -0.1) is 11.3 Å². The Morgan fingerprint density at radius 3 is 2.97 bits per heavy atom. The van der Waals surface area contributed by atoms with Gasteiger partial charge in [-0.05, 0) is 60.9 Å². The first-order valence-electron chi connectivity index (χ1n) is 9.63. The fourth-order valence-corrected chi connectivity index (χ4v) is 5.65. The van der Waals surface area contributed by atoms with Crippen molar-refractivity contribution >= 4 is 44.1 Å². The third-order valence-electron chi connectivity index (χ3n) is 5.73. The fraction of sp³-hybridized carbons (Fsp3) is 0.318. The molecule has 0 radical (unpaired) electrons. The lowest BCUT2D eigenvalue weighted by Crippen LogP contribution is -2.22. The maximum atomic E-state index is 13.3. The highest BCUT2D eigenvalue weighted by molar-refractivity contribution is 7.18. The standard InChI is InChI=1S/C22H19ClN2O3S/c1-11-3-4-14-18(5-11)29-21-20(14)22(27)25(10-24-21)9-13-7-19(26)28-17-6-12(2)16(23)8-15(13)17/h6-8,10-11H,3-5,9H2,1-2H3. The van der Waals surface area contributed by atoms with Crippen LogP contribution in [0, 0.1) is 12.8 Å². The first kappa shape index (κ1) is 18.6. The summed E-state index contributed by atoms with van der Waals surface area (Å²) in [4.78, 5) is 32.0. The lowest BCUT2D eigenvalue weighted by Gasteiger charge is -2.17. The van der Waals surface area contributed by atoms with Crippen molar-refractivity contribution in [3.63, 3.8) is 0 Å². The van der Waals surface area contributed by atoms with Gasteiger partial charge in [-0.25, -0.2) is 9.78 Å². The molecule has 1 aliphatic rings. The molecule has 0 N–H and O–H groups in total. The minimum atomic E-state index is -0.446. The van der Waals surface area contributed by atoms with E-state index in [4.69, 9.17) is 16.0 Å². The molecule has 1 unspecified atom stereocenters. The highest BCUT2D eigenvalue weighted by Gasteiger charge is 2.23. The maximum absolute atomic E-state index is 13.3. The molecule has 0 saturated heterocycles. The van der Waals surface area contributed by atoms with E-state index in [0.717, 1.165) is 46.0 Å². The third kappa shape index (κ3) is 3.11. The second-order valence-electron chi connectivity index (χ2n) is 7.90. The number of nitrogens with zero attached hydrogens (tertiary/aromatic N) is 2. The molecule has 5 rings (SSSR count). The second kappa shape index (κ2) is 6.82. The van der Waals surface area contributed by atoms with Crippen molar-refractivity contribution in [1.29, 1.82) is 0 Å². The van der Waals surface area contributed by atoms with Crippen LogP contribution in [-0.2, 0) is 19.4 Å². The Labute approximate surface area is 175 Å². The van der Waals surface area contributed by atoms with Crippen LogP contribution in [0.5, 0.6) is 0 Å². The van der Waals surface area contributed by atoms with Gasteiger partial charge in [0, 0.05) is 21.4 Å². The summed E-state index contributed by atoms with van der Waals surface area (Å²) in [6, 6.07) is 4.97. The quantitative estimate of drug-likeness (QED) is 0.436. The summed E-state index contributed by atoms with van der Waals surface area (Å²) in [5, 5.41) is 2.06. The average molecular weight is 427 g/mol. The number of aryl methyl sites for hydroxylation is 2. The van der Waals surface area contributed by atoms with E-state index in [1.165, 1.54) is 10.9 Å². The molecule has 0 amide bonds. The van der Waals surface area contributed by atoms with E-state index in [2.05, 4.69) is 11.9 Å². The number of rotatable bonds is 2. The van der Waals surface area contributed by atoms with E-state index >= 15 is 0 Å². The largest absolute Gasteiger partial charge is 0.423 e. The van der Waals surface area contributed by atoms with Gasteiger partial charge in [0.1, 0.15) is 10.4 Å². The maximum Gasteiger partial charge on any atom is 0.336 e. The van der Waals surface area contributed by atoms with E-state index in [-0.39, 0.29) is 12.1 Å². The van der Waals surface area contributed by atoms with E-state index in [0.29, 0.717) is 22.1 Å². The van der Waals surface area contributed by atoms with E-state index < -0.39 is 5.63 Å². The van der Waals surface area contributed by atoms with Crippen molar-refractivity contribution < 1.29 is 4.42 Å². The summed E-state index contributed by atoms with van der Waals surface area (Å²) in [7, 11) is 0. The van der Waals surface area contributed by atoms with Gasteiger partial charge in [-0.2, -0.15) is 0 Å². The summed E-state index contributed by atoms with van der Waals surface area (Å²) >= 11 is 7.92. The van der Waals surface area contributed by atoms with E-state index in [1.54, 1.807) is 34.4 Å². The van der Waals surface area contributed by atoms with Crippen LogP contribution < -0.4 is 11.2 Å². The van der Waals surface area contributed by atoms with Crippen molar-refractivity contribution in [2.45, 2.75) is 39.7 Å². The molecular weight excluding hydrogens is 408 g/mol. The summed E-state index contributed by atoms with van der Waals surface area (Å²) < 4.78 is 6.91. The fourth-order valence-electron chi connectivity index (χ4n) is 4.14. The Morgan fingerprint density at radius 1 is 1.31 bits per heavy atom. The minimum Gasteiger partial charge on any atom is -0.423 e. The first-order valence-corrected chi connectivity index (χ1v) is 10.8. The molecular formula is C22H19ClN2O3S. The van der Waals surface area contributed by atoms with Crippen molar-refractivity contribution in [2.75, 3.05) is 0 Å². The van der Waals surface area contributed by atoms with Crippen LogP contribution >= 0.6 is 22.9 Å². The van der Waals surface area contributed by atoms with Crippen LogP contribution in [0.25, 0.3) is 21.2 Å². The van der Waals surface area contributed by atoms with Crippen LogP contribution in [0.2, 0.25) is 5.02 Å². The minimum absolute atomic E-state index is 0.0540. The zero-order valence-corrected chi connectivity index (χ0v) is 17.7. The molecule has 29 heavy (non-hydrogen) atoms. The number of hydrogen-bond donors (Lipinski definition) is 0. The number of aromatic nitrogens is 2. The summed E-state index contributed by atoms with van der Waals surface area (Å²) in [5.74, 6) is 0.640. The molecule has 1 aliphatic carbocycles. The van der Waals surface area contributed by atoms with Gasteiger partial charge in [0.05, 0.1) is 18.3 Å². The van der Waals surface area contributed by atoms with Gasteiger partial charge < -0.3 is 4.42 Å². The monoisotopic (exact) mass is 426 g/mol. The van der Waals surface area contributed by atoms with Gasteiger partial charge in [0.15, 0.2) is 0 Å². The summed E-state index contributed by atoms with van der Waals surface area (Å²) in [6.45, 7) is 4.35. The molecule has 7 heteroatoms. The number of thiophene rings is 1. The number of hydrogen-bond acceptors (Lipinski definition) is 5. The highest BCUT2D eigenvalue weighted by atomic mass is 35.5. The van der Waals surface area contributed by atoms with Crippen LogP contribution in [0.1, 0.15) is 34.9 Å². The lowest BCUT2D eigenvalue weighted by atomic mass is 9.89. The highest BCUT2D eigenvalue weighted by Crippen LogP contribution is 2.35. The van der Waals surface area contributed by atoms with Crippen molar-refractivity contribution in [3.8, 4) is 0 Å². The molecule has 4 aromatic rings. The topological polar surface area (TPSA) is 65.1 Å². The molecule has 0 spiro atoms. The summed E-state index contributed by atoms with van der Waals surface area (Å²) in [5.41, 5.74) is 2.65. The zero-order valence-electron chi connectivity index (χ0n) is 16.1. The molecule has 0 aliphatic heterocycles. The van der Waals surface area contributed by atoms with Gasteiger partial charge in [-0.3, -0.25) is 9.36 Å². The molecule has 0 bridgehead atoms. The Balaban J connectivity index is 1.66. The normalized spacial score (nSPS) is 16.4. The molecule has 3 aromatic heterocycles. The third-order valence-corrected chi connectivity index (χ3v) is 7.30.